The summed E-state index contributed by atoms with van der Waals surface area (Å²) in [5.74, 6) is 0.0896. The van der Waals surface area contributed by atoms with Gasteiger partial charge in [-0.05, 0) is 85.3 Å². The second kappa shape index (κ2) is 14.3. The van der Waals surface area contributed by atoms with Crippen LogP contribution in [0.15, 0.2) is 118 Å². The molecule has 0 aliphatic heterocycles. The highest BCUT2D eigenvalue weighted by Gasteiger charge is 2.16. The van der Waals surface area contributed by atoms with Crippen LogP contribution >= 0.6 is 27.7 Å². The van der Waals surface area contributed by atoms with E-state index in [0.29, 0.717) is 23.4 Å². The van der Waals surface area contributed by atoms with E-state index in [-0.39, 0.29) is 17.2 Å². The molecule has 2 amide bonds. The second-order valence-corrected chi connectivity index (χ2v) is 10.5. The van der Waals surface area contributed by atoms with Crippen LogP contribution in [0.5, 0.6) is 5.75 Å². The van der Waals surface area contributed by atoms with E-state index in [4.69, 9.17) is 4.74 Å². The Hall–Kier alpha value is -4.14. The van der Waals surface area contributed by atoms with Crippen LogP contribution in [0.25, 0.3) is 6.08 Å². The standard InChI is InChI=1S/C32H27BrN2O4S/c1-2-39-27-16-14-23(15-17-27)30(36)21-40-28-13-7-12-26(20-28)34-32(38)29(19-22-8-6-11-25(33)18-22)35-31(37)24-9-4-3-5-10-24/h3-20H,2,21H2,1H3,(H,34,38)(H,35,37)/b29-19-. The lowest BCUT2D eigenvalue weighted by Gasteiger charge is -2.12. The van der Waals surface area contributed by atoms with Crippen molar-refractivity contribution in [2.45, 2.75) is 11.8 Å². The van der Waals surface area contributed by atoms with E-state index >= 15 is 0 Å². The third-order valence-corrected chi connectivity index (χ3v) is 7.12. The first kappa shape index (κ1) is 28.9. The van der Waals surface area contributed by atoms with Gasteiger partial charge in [-0.2, -0.15) is 0 Å². The molecule has 4 aromatic rings. The number of Topliss-reactive ketones (excluding diaryl/α,β-unsaturated/α-hetero) is 1. The fourth-order valence-electron chi connectivity index (χ4n) is 3.70. The predicted octanol–water partition coefficient (Wildman–Crippen LogP) is 7.23. The zero-order chi connectivity index (χ0) is 28.3. The number of carbonyl (C=O) groups is 3. The molecule has 8 heteroatoms. The van der Waals surface area contributed by atoms with Crippen molar-refractivity contribution in [3.8, 4) is 5.75 Å². The summed E-state index contributed by atoms with van der Waals surface area (Å²) in [6.45, 7) is 2.48. The molecule has 0 spiro atoms. The Morgan fingerprint density at radius 2 is 1.60 bits per heavy atom. The van der Waals surface area contributed by atoms with Gasteiger partial charge >= 0.3 is 0 Å². The fourth-order valence-corrected chi connectivity index (χ4v) is 4.97. The van der Waals surface area contributed by atoms with Gasteiger partial charge in [-0.15, -0.1) is 11.8 Å². The Labute approximate surface area is 246 Å². The van der Waals surface area contributed by atoms with Gasteiger partial charge in [0.15, 0.2) is 5.78 Å². The predicted molar refractivity (Wildman–Crippen MR) is 164 cm³/mol. The Balaban J connectivity index is 1.46. The molecule has 0 aliphatic rings. The third-order valence-electron chi connectivity index (χ3n) is 5.64. The van der Waals surface area contributed by atoms with Crippen molar-refractivity contribution >= 4 is 57.1 Å². The first-order valence-corrected chi connectivity index (χ1v) is 14.3. The van der Waals surface area contributed by atoms with Crippen LogP contribution in [0, 0.1) is 0 Å². The van der Waals surface area contributed by atoms with Crippen LogP contribution < -0.4 is 15.4 Å². The average molecular weight is 616 g/mol. The number of benzene rings is 4. The molecular weight excluding hydrogens is 588 g/mol. The molecule has 2 N–H and O–H groups in total. The van der Waals surface area contributed by atoms with Gasteiger partial charge in [0.05, 0.1) is 12.4 Å². The largest absolute Gasteiger partial charge is 0.494 e. The van der Waals surface area contributed by atoms with Crippen LogP contribution in [0.3, 0.4) is 0 Å². The Morgan fingerprint density at radius 3 is 2.33 bits per heavy atom. The minimum atomic E-state index is -0.475. The summed E-state index contributed by atoms with van der Waals surface area (Å²) < 4.78 is 6.28. The molecule has 0 aromatic heterocycles. The van der Waals surface area contributed by atoms with E-state index in [2.05, 4.69) is 26.6 Å². The third kappa shape index (κ3) is 8.43. The van der Waals surface area contributed by atoms with Crippen LogP contribution in [-0.4, -0.2) is 30.0 Å². The van der Waals surface area contributed by atoms with Gasteiger partial charge in [0.25, 0.3) is 11.8 Å². The number of ketones is 1. The number of hydrogen-bond donors (Lipinski definition) is 2. The van der Waals surface area contributed by atoms with Crippen LogP contribution in [0.1, 0.15) is 33.2 Å². The zero-order valence-electron chi connectivity index (χ0n) is 21.7. The summed E-state index contributed by atoms with van der Waals surface area (Å²) in [6, 6.07) is 30.4. The van der Waals surface area contributed by atoms with Gasteiger partial charge in [-0.25, -0.2) is 0 Å². The zero-order valence-corrected chi connectivity index (χ0v) is 24.1. The molecule has 202 valence electrons. The van der Waals surface area contributed by atoms with Gasteiger partial charge in [0.2, 0.25) is 0 Å². The number of rotatable bonds is 11. The lowest BCUT2D eigenvalue weighted by molar-refractivity contribution is -0.113. The number of amides is 2. The van der Waals surface area contributed by atoms with Crippen molar-refractivity contribution in [2.75, 3.05) is 17.7 Å². The van der Waals surface area contributed by atoms with Gasteiger partial charge in [0, 0.05) is 26.2 Å². The van der Waals surface area contributed by atoms with Crippen molar-refractivity contribution in [1.29, 1.82) is 0 Å². The summed E-state index contributed by atoms with van der Waals surface area (Å²) in [5, 5.41) is 5.61. The molecule has 0 saturated carbocycles. The number of carbonyl (C=O) groups excluding carboxylic acids is 3. The lowest BCUT2D eigenvalue weighted by Crippen LogP contribution is -2.30. The normalized spacial score (nSPS) is 11.0. The first-order chi connectivity index (χ1) is 19.4. The van der Waals surface area contributed by atoms with Crippen molar-refractivity contribution < 1.29 is 19.1 Å². The van der Waals surface area contributed by atoms with Crippen LogP contribution in [0.2, 0.25) is 0 Å². The van der Waals surface area contributed by atoms with E-state index < -0.39 is 11.8 Å². The molecule has 4 aromatic carbocycles. The maximum atomic E-state index is 13.3. The van der Waals surface area contributed by atoms with Crippen molar-refractivity contribution in [3.05, 3.63) is 130 Å². The summed E-state index contributed by atoms with van der Waals surface area (Å²) in [4.78, 5) is 39.7. The van der Waals surface area contributed by atoms with E-state index in [1.54, 1.807) is 72.8 Å². The van der Waals surface area contributed by atoms with E-state index in [1.807, 2.05) is 43.3 Å². The minimum Gasteiger partial charge on any atom is -0.494 e. The minimum absolute atomic E-state index is 0.00893. The highest BCUT2D eigenvalue weighted by molar-refractivity contribution is 9.10. The van der Waals surface area contributed by atoms with E-state index in [0.717, 1.165) is 20.7 Å². The highest BCUT2D eigenvalue weighted by atomic mass is 79.9. The number of nitrogens with one attached hydrogen (secondary N) is 2. The Morgan fingerprint density at radius 1 is 0.850 bits per heavy atom. The molecule has 6 nitrogen and oxygen atoms in total. The molecule has 0 fully saturated rings. The van der Waals surface area contributed by atoms with Gasteiger partial charge in [-0.3, -0.25) is 14.4 Å². The molecule has 0 radical (unpaired) electrons. The topological polar surface area (TPSA) is 84.5 Å². The molecule has 0 bridgehead atoms. The summed E-state index contributed by atoms with van der Waals surface area (Å²) in [7, 11) is 0. The SMILES string of the molecule is CCOc1ccc(C(=O)CSc2cccc(NC(=O)/C(=C/c3cccc(Br)c3)NC(=O)c3ccccc3)c2)cc1. The molecule has 0 aliphatic carbocycles. The summed E-state index contributed by atoms with van der Waals surface area (Å²) >= 11 is 4.82. The lowest BCUT2D eigenvalue weighted by atomic mass is 10.1. The monoisotopic (exact) mass is 614 g/mol. The van der Waals surface area contributed by atoms with Gasteiger partial charge < -0.3 is 15.4 Å². The molecule has 0 atom stereocenters. The summed E-state index contributed by atoms with van der Waals surface area (Å²) in [5.41, 5.74) is 2.42. The maximum Gasteiger partial charge on any atom is 0.272 e. The summed E-state index contributed by atoms with van der Waals surface area (Å²) in [6.07, 6.45) is 1.62. The average Bonchev–Trinajstić information content (AvgIpc) is 2.97. The Bertz CT molecular complexity index is 1520. The molecular formula is C32H27BrN2O4S. The molecule has 0 unspecified atom stereocenters. The van der Waals surface area contributed by atoms with Crippen molar-refractivity contribution in [1.82, 2.24) is 5.32 Å². The smallest absolute Gasteiger partial charge is 0.272 e. The number of thioether (sulfide) groups is 1. The Kier molecular flexibility index (Phi) is 10.3. The quantitative estimate of drug-likeness (QED) is 0.106. The highest BCUT2D eigenvalue weighted by Crippen LogP contribution is 2.24. The molecule has 0 heterocycles. The fraction of sp³-hybridized carbons (Fsp3) is 0.0938. The van der Waals surface area contributed by atoms with Gasteiger partial charge in [0.1, 0.15) is 11.4 Å². The van der Waals surface area contributed by atoms with Crippen molar-refractivity contribution in [3.63, 3.8) is 0 Å². The number of halogens is 1. The maximum absolute atomic E-state index is 13.3. The molecule has 0 saturated heterocycles. The molecule has 40 heavy (non-hydrogen) atoms. The number of hydrogen-bond acceptors (Lipinski definition) is 5. The van der Waals surface area contributed by atoms with Gasteiger partial charge in [-0.1, -0.05) is 52.3 Å². The second-order valence-electron chi connectivity index (χ2n) is 8.58. The molecule has 4 rings (SSSR count). The van der Waals surface area contributed by atoms with Crippen molar-refractivity contribution in [2.24, 2.45) is 0 Å². The number of ether oxygens (including phenoxy) is 1. The van der Waals surface area contributed by atoms with E-state index in [1.165, 1.54) is 11.8 Å². The number of anilines is 1. The van der Waals surface area contributed by atoms with Crippen LogP contribution in [-0.2, 0) is 4.79 Å². The van der Waals surface area contributed by atoms with E-state index in [9.17, 15) is 14.4 Å². The first-order valence-electron chi connectivity index (χ1n) is 12.5. The van der Waals surface area contributed by atoms with Crippen LogP contribution in [0.4, 0.5) is 5.69 Å².